The first-order chi connectivity index (χ1) is 9.29. The summed E-state index contributed by atoms with van der Waals surface area (Å²) in [6, 6.07) is 2.01. The van der Waals surface area contributed by atoms with Crippen molar-refractivity contribution in [2.45, 2.75) is 38.0 Å². The summed E-state index contributed by atoms with van der Waals surface area (Å²) in [4.78, 5) is 7.80. The molecule has 1 aliphatic rings. The Hall–Kier alpha value is -0.780. The average molecular weight is 282 g/mol. The minimum atomic E-state index is 0.625. The summed E-state index contributed by atoms with van der Waals surface area (Å²) in [6.07, 6.45) is 5.94. The van der Waals surface area contributed by atoms with Gasteiger partial charge in [-0.05, 0) is 24.8 Å². The third-order valence-electron chi connectivity index (χ3n) is 3.52. The number of aromatic nitrogens is 2. The van der Waals surface area contributed by atoms with Crippen LogP contribution in [0.5, 0.6) is 0 Å². The van der Waals surface area contributed by atoms with E-state index < -0.39 is 0 Å². The first-order valence-corrected chi connectivity index (χ1v) is 7.37. The number of hydrogen-bond donors (Lipinski definition) is 1. The highest BCUT2D eigenvalue weighted by molar-refractivity contribution is 7.71. The quantitative estimate of drug-likeness (QED) is 0.617. The van der Waals surface area contributed by atoms with E-state index in [0.29, 0.717) is 30.4 Å². The molecule has 0 spiro atoms. The lowest BCUT2D eigenvalue weighted by atomic mass is 10.0. The van der Waals surface area contributed by atoms with Gasteiger partial charge in [0.1, 0.15) is 10.5 Å². The van der Waals surface area contributed by atoms with Gasteiger partial charge in [0.2, 0.25) is 0 Å². The Morgan fingerprint density at radius 1 is 1.32 bits per heavy atom. The van der Waals surface area contributed by atoms with Crippen LogP contribution in [-0.2, 0) is 15.9 Å². The Morgan fingerprint density at radius 3 is 2.84 bits per heavy atom. The number of hydrogen-bond acceptors (Lipinski definition) is 4. The maximum atomic E-state index is 5.46. The summed E-state index contributed by atoms with van der Waals surface area (Å²) >= 11 is 5.25. The Labute approximate surface area is 119 Å². The topological polar surface area (TPSA) is 47.1 Å². The SMILES string of the molecule is COCCOCCc1nc(=S)cc(C2CCCC2)[nH]1. The number of aromatic amines is 1. The van der Waals surface area contributed by atoms with Crippen molar-refractivity contribution in [1.29, 1.82) is 0 Å². The molecule has 1 aromatic rings. The maximum Gasteiger partial charge on any atom is 0.129 e. The fraction of sp³-hybridized carbons (Fsp3) is 0.714. The second kappa shape index (κ2) is 7.72. The van der Waals surface area contributed by atoms with Gasteiger partial charge in [-0.3, -0.25) is 0 Å². The van der Waals surface area contributed by atoms with Crippen LogP contribution in [0.2, 0.25) is 0 Å². The fourth-order valence-corrected chi connectivity index (χ4v) is 2.75. The third kappa shape index (κ3) is 4.67. The van der Waals surface area contributed by atoms with E-state index >= 15 is 0 Å². The van der Waals surface area contributed by atoms with Crippen molar-refractivity contribution in [3.05, 3.63) is 22.2 Å². The minimum Gasteiger partial charge on any atom is -0.382 e. The first-order valence-electron chi connectivity index (χ1n) is 6.96. The van der Waals surface area contributed by atoms with Gasteiger partial charge in [0.05, 0.1) is 19.8 Å². The van der Waals surface area contributed by atoms with Gasteiger partial charge in [0.15, 0.2) is 0 Å². The summed E-state index contributed by atoms with van der Waals surface area (Å²) < 4.78 is 11.1. The molecule has 1 aromatic heterocycles. The molecule has 1 N–H and O–H groups in total. The molecular formula is C14H22N2O2S. The van der Waals surface area contributed by atoms with Gasteiger partial charge in [-0.1, -0.05) is 25.1 Å². The summed E-state index contributed by atoms with van der Waals surface area (Å²) in [6.45, 7) is 1.90. The molecule has 0 atom stereocenters. The molecule has 0 aromatic carbocycles. The number of H-pyrrole nitrogens is 1. The van der Waals surface area contributed by atoms with Crippen LogP contribution in [0.25, 0.3) is 0 Å². The lowest BCUT2D eigenvalue weighted by Crippen LogP contribution is -2.09. The van der Waals surface area contributed by atoms with Crippen LogP contribution in [0.15, 0.2) is 6.07 Å². The summed E-state index contributed by atoms with van der Waals surface area (Å²) in [5, 5.41) is 0. The number of methoxy groups -OCH3 is 1. The van der Waals surface area contributed by atoms with E-state index in [9.17, 15) is 0 Å². The molecule has 0 aliphatic heterocycles. The van der Waals surface area contributed by atoms with E-state index in [1.54, 1.807) is 7.11 Å². The van der Waals surface area contributed by atoms with Crippen molar-refractivity contribution < 1.29 is 9.47 Å². The fourth-order valence-electron chi connectivity index (χ4n) is 2.52. The van der Waals surface area contributed by atoms with E-state index in [2.05, 4.69) is 9.97 Å². The second-order valence-electron chi connectivity index (χ2n) is 4.96. The van der Waals surface area contributed by atoms with Crippen molar-refractivity contribution in [1.82, 2.24) is 9.97 Å². The van der Waals surface area contributed by atoms with Gasteiger partial charge in [-0.15, -0.1) is 0 Å². The Kier molecular flexibility index (Phi) is 5.94. The van der Waals surface area contributed by atoms with Crippen molar-refractivity contribution in [3.8, 4) is 0 Å². The normalized spacial score (nSPS) is 16.1. The van der Waals surface area contributed by atoms with Crippen LogP contribution >= 0.6 is 12.2 Å². The van der Waals surface area contributed by atoms with E-state index in [1.807, 2.05) is 6.07 Å². The van der Waals surface area contributed by atoms with Gasteiger partial charge in [-0.25, -0.2) is 4.98 Å². The summed E-state index contributed by atoms with van der Waals surface area (Å²) in [5.74, 6) is 1.57. The predicted octanol–water partition coefficient (Wildman–Crippen LogP) is 3.00. The molecule has 2 rings (SSSR count). The lowest BCUT2D eigenvalue weighted by Gasteiger charge is -2.11. The highest BCUT2D eigenvalue weighted by atomic mass is 32.1. The van der Waals surface area contributed by atoms with E-state index in [0.717, 1.165) is 12.2 Å². The Morgan fingerprint density at radius 2 is 2.11 bits per heavy atom. The van der Waals surface area contributed by atoms with E-state index in [1.165, 1.54) is 31.4 Å². The number of nitrogens with zero attached hydrogens (tertiary/aromatic N) is 1. The summed E-state index contributed by atoms with van der Waals surface area (Å²) in [7, 11) is 1.67. The molecule has 1 fully saturated rings. The van der Waals surface area contributed by atoms with E-state index in [-0.39, 0.29) is 0 Å². The first kappa shape index (κ1) is 14.6. The molecule has 1 heterocycles. The van der Waals surface area contributed by atoms with Crippen LogP contribution in [0.3, 0.4) is 0 Å². The van der Waals surface area contributed by atoms with Crippen LogP contribution in [0, 0.1) is 4.64 Å². The maximum absolute atomic E-state index is 5.46. The van der Waals surface area contributed by atoms with Crippen molar-refractivity contribution >= 4 is 12.2 Å². The van der Waals surface area contributed by atoms with Gasteiger partial charge in [0, 0.05) is 19.2 Å². The molecule has 0 radical (unpaired) electrons. The minimum absolute atomic E-state index is 0.625. The monoisotopic (exact) mass is 282 g/mol. The molecule has 0 unspecified atom stereocenters. The van der Waals surface area contributed by atoms with Crippen LogP contribution in [0.1, 0.15) is 43.1 Å². The molecule has 4 nitrogen and oxygen atoms in total. The summed E-state index contributed by atoms with van der Waals surface area (Å²) in [5.41, 5.74) is 1.25. The lowest BCUT2D eigenvalue weighted by molar-refractivity contribution is 0.0716. The third-order valence-corrected chi connectivity index (χ3v) is 3.73. The molecule has 1 saturated carbocycles. The molecule has 0 bridgehead atoms. The molecule has 19 heavy (non-hydrogen) atoms. The number of rotatable bonds is 7. The zero-order chi connectivity index (χ0) is 13.5. The van der Waals surface area contributed by atoms with Gasteiger partial charge < -0.3 is 14.5 Å². The van der Waals surface area contributed by atoms with Crippen molar-refractivity contribution in [2.24, 2.45) is 0 Å². The molecule has 1 aliphatic carbocycles. The number of ether oxygens (including phenoxy) is 2. The van der Waals surface area contributed by atoms with Crippen LogP contribution < -0.4 is 0 Å². The van der Waals surface area contributed by atoms with Gasteiger partial charge in [-0.2, -0.15) is 0 Å². The van der Waals surface area contributed by atoms with Gasteiger partial charge in [0.25, 0.3) is 0 Å². The zero-order valence-corrected chi connectivity index (χ0v) is 12.3. The zero-order valence-electron chi connectivity index (χ0n) is 11.5. The van der Waals surface area contributed by atoms with Gasteiger partial charge >= 0.3 is 0 Å². The highest BCUT2D eigenvalue weighted by Crippen LogP contribution is 2.32. The largest absolute Gasteiger partial charge is 0.382 e. The van der Waals surface area contributed by atoms with Crippen LogP contribution in [0.4, 0.5) is 0 Å². The van der Waals surface area contributed by atoms with Crippen molar-refractivity contribution in [3.63, 3.8) is 0 Å². The molecule has 5 heteroatoms. The molecule has 0 saturated heterocycles. The van der Waals surface area contributed by atoms with E-state index in [4.69, 9.17) is 21.7 Å². The average Bonchev–Trinajstić information content (AvgIpc) is 2.92. The second-order valence-corrected chi connectivity index (χ2v) is 5.38. The number of nitrogens with one attached hydrogen (secondary N) is 1. The molecular weight excluding hydrogens is 260 g/mol. The highest BCUT2D eigenvalue weighted by Gasteiger charge is 2.18. The Balaban J connectivity index is 1.91. The Bertz CT molecular complexity index is 441. The molecule has 0 amide bonds. The molecule has 106 valence electrons. The standard InChI is InChI=1S/C14H22N2O2S/c1-17-8-9-18-7-6-13-15-12(10-14(19)16-13)11-4-2-3-5-11/h10-11H,2-9H2,1H3,(H,15,16,19). The van der Waals surface area contributed by atoms with Crippen molar-refractivity contribution in [2.75, 3.05) is 26.9 Å². The van der Waals surface area contributed by atoms with Crippen LogP contribution in [-0.4, -0.2) is 36.9 Å². The predicted molar refractivity (Wildman–Crippen MR) is 77.0 cm³/mol. The smallest absolute Gasteiger partial charge is 0.129 e.